The van der Waals surface area contributed by atoms with Crippen LogP contribution in [0.4, 0.5) is 10.7 Å². The van der Waals surface area contributed by atoms with Crippen LogP contribution in [-0.4, -0.2) is 26.7 Å². The van der Waals surface area contributed by atoms with Gasteiger partial charge in [0.2, 0.25) is 0 Å². The molecule has 2 N–H and O–H groups in total. The molecule has 4 nitrogen and oxygen atoms in total. The van der Waals surface area contributed by atoms with Crippen molar-refractivity contribution in [1.82, 2.24) is 0 Å². The van der Waals surface area contributed by atoms with E-state index in [2.05, 4.69) is 0 Å². The zero-order valence-corrected chi connectivity index (χ0v) is 12.7. The third-order valence-electron chi connectivity index (χ3n) is 2.97. The number of thiophene rings is 1. The number of rotatable bonds is 4. The SMILES string of the molecule is CCOC(=O)c1c(-c2cccc(N(C)C)c2)csc1N. The Morgan fingerprint density at radius 3 is 2.80 bits per heavy atom. The van der Waals surface area contributed by atoms with E-state index in [0.717, 1.165) is 16.8 Å². The highest BCUT2D eigenvalue weighted by Crippen LogP contribution is 2.35. The molecular formula is C15H18N2O2S. The third-order valence-corrected chi connectivity index (χ3v) is 3.78. The summed E-state index contributed by atoms with van der Waals surface area (Å²) >= 11 is 1.36. The molecule has 0 atom stereocenters. The highest BCUT2D eigenvalue weighted by Gasteiger charge is 2.19. The molecule has 106 valence electrons. The van der Waals surface area contributed by atoms with Gasteiger partial charge in [-0.1, -0.05) is 12.1 Å². The first-order valence-electron chi connectivity index (χ1n) is 6.36. The minimum absolute atomic E-state index is 0.339. The van der Waals surface area contributed by atoms with Crippen LogP contribution in [0.3, 0.4) is 0 Å². The average Bonchev–Trinajstić information content (AvgIpc) is 2.81. The first kappa shape index (κ1) is 14.4. The van der Waals surface area contributed by atoms with Crippen LogP contribution >= 0.6 is 11.3 Å². The molecule has 0 radical (unpaired) electrons. The predicted molar refractivity (Wildman–Crippen MR) is 84.5 cm³/mol. The molecule has 0 aliphatic rings. The smallest absolute Gasteiger partial charge is 0.341 e. The van der Waals surface area contributed by atoms with Gasteiger partial charge in [0.1, 0.15) is 10.6 Å². The second-order valence-corrected chi connectivity index (χ2v) is 5.47. The van der Waals surface area contributed by atoms with Gasteiger partial charge in [-0.3, -0.25) is 0 Å². The molecule has 0 saturated carbocycles. The second-order valence-electron chi connectivity index (χ2n) is 4.55. The van der Waals surface area contributed by atoms with Gasteiger partial charge in [0, 0.05) is 30.7 Å². The molecule has 2 rings (SSSR count). The van der Waals surface area contributed by atoms with Crippen molar-refractivity contribution in [1.29, 1.82) is 0 Å². The highest BCUT2D eigenvalue weighted by atomic mass is 32.1. The monoisotopic (exact) mass is 290 g/mol. The maximum atomic E-state index is 12.0. The lowest BCUT2D eigenvalue weighted by Gasteiger charge is -2.13. The summed E-state index contributed by atoms with van der Waals surface area (Å²) in [6.07, 6.45) is 0. The summed E-state index contributed by atoms with van der Waals surface area (Å²) in [5, 5.41) is 2.39. The molecule has 20 heavy (non-hydrogen) atoms. The van der Waals surface area contributed by atoms with Gasteiger partial charge in [-0.25, -0.2) is 4.79 Å². The molecule has 0 spiro atoms. The summed E-state index contributed by atoms with van der Waals surface area (Å²) < 4.78 is 5.08. The highest BCUT2D eigenvalue weighted by molar-refractivity contribution is 7.14. The van der Waals surface area contributed by atoms with Crippen LogP contribution in [0.1, 0.15) is 17.3 Å². The van der Waals surface area contributed by atoms with Crippen molar-refractivity contribution in [2.24, 2.45) is 0 Å². The summed E-state index contributed by atoms with van der Waals surface area (Å²) in [7, 11) is 3.96. The van der Waals surface area contributed by atoms with E-state index < -0.39 is 0 Å². The largest absolute Gasteiger partial charge is 0.462 e. The molecule has 2 aromatic rings. The molecule has 0 aliphatic heterocycles. The van der Waals surface area contributed by atoms with E-state index in [1.54, 1.807) is 6.92 Å². The number of benzene rings is 1. The number of carbonyl (C=O) groups is 1. The van der Waals surface area contributed by atoms with Crippen molar-refractivity contribution in [2.45, 2.75) is 6.92 Å². The maximum absolute atomic E-state index is 12.0. The quantitative estimate of drug-likeness (QED) is 0.878. The fourth-order valence-electron chi connectivity index (χ4n) is 1.95. The van der Waals surface area contributed by atoms with Gasteiger partial charge < -0.3 is 15.4 Å². The van der Waals surface area contributed by atoms with E-state index in [-0.39, 0.29) is 5.97 Å². The number of nitrogens with two attached hydrogens (primary N) is 1. The Labute approximate surface area is 122 Å². The first-order chi connectivity index (χ1) is 9.54. The predicted octanol–water partition coefficient (Wildman–Crippen LogP) is 3.24. The summed E-state index contributed by atoms with van der Waals surface area (Å²) in [6.45, 7) is 2.12. The number of anilines is 2. The Balaban J connectivity index is 2.48. The van der Waals surface area contributed by atoms with Crippen molar-refractivity contribution < 1.29 is 9.53 Å². The van der Waals surface area contributed by atoms with Crippen LogP contribution in [0.5, 0.6) is 0 Å². The van der Waals surface area contributed by atoms with Gasteiger partial charge >= 0.3 is 5.97 Å². The number of hydrogen-bond donors (Lipinski definition) is 1. The van der Waals surface area contributed by atoms with Crippen LogP contribution in [0, 0.1) is 0 Å². The van der Waals surface area contributed by atoms with E-state index in [1.165, 1.54) is 11.3 Å². The first-order valence-corrected chi connectivity index (χ1v) is 7.24. The third kappa shape index (κ3) is 2.77. The van der Waals surface area contributed by atoms with Gasteiger partial charge in [-0.2, -0.15) is 0 Å². The van der Waals surface area contributed by atoms with Crippen molar-refractivity contribution >= 4 is 28.0 Å². The van der Waals surface area contributed by atoms with Crippen LogP contribution in [0.2, 0.25) is 0 Å². The zero-order valence-electron chi connectivity index (χ0n) is 11.8. The van der Waals surface area contributed by atoms with Crippen molar-refractivity contribution in [3.05, 3.63) is 35.2 Å². The molecule has 0 bridgehead atoms. The molecule has 0 fully saturated rings. The van der Waals surface area contributed by atoms with E-state index in [9.17, 15) is 4.79 Å². The fourth-order valence-corrected chi connectivity index (χ4v) is 2.76. The standard InChI is InChI=1S/C15H18N2O2S/c1-4-19-15(18)13-12(9-20-14(13)16)10-6-5-7-11(8-10)17(2)3/h5-9H,4,16H2,1-3H3. The average molecular weight is 290 g/mol. The molecule has 0 aliphatic carbocycles. The Hall–Kier alpha value is -2.01. The molecule has 0 unspecified atom stereocenters. The number of carbonyl (C=O) groups excluding carboxylic acids is 1. The number of nitrogen functional groups attached to an aromatic ring is 1. The Morgan fingerprint density at radius 2 is 2.15 bits per heavy atom. The van der Waals surface area contributed by atoms with Crippen LogP contribution in [-0.2, 0) is 4.74 Å². The second kappa shape index (κ2) is 5.96. The normalized spacial score (nSPS) is 10.3. The molecule has 1 aromatic carbocycles. The molecule has 0 amide bonds. The lowest BCUT2D eigenvalue weighted by Crippen LogP contribution is -2.09. The summed E-state index contributed by atoms with van der Waals surface area (Å²) in [5.74, 6) is -0.364. The summed E-state index contributed by atoms with van der Waals surface area (Å²) in [6, 6.07) is 7.98. The van der Waals surface area contributed by atoms with E-state index >= 15 is 0 Å². The van der Waals surface area contributed by atoms with Crippen LogP contribution in [0.25, 0.3) is 11.1 Å². The number of hydrogen-bond acceptors (Lipinski definition) is 5. The lowest BCUT2D eigenvalue weighted by atomic mass is 10.0. The minimum Gasteiger partial charge on any atom is -0.462 e. The van der Waals surface area contributed by atoms with Crippen molar-refractivity contribution in [3.63, 3.8) is 0 Å². The Bertz CT molecular complexity index is 620. The van der Waals surface area contributed by atoms with Gasteiger partial charge in [0.15, 0.2) is 0 Å². The van der Waals surface area contributed by atoms with Gasteiger partial charge in [0.05, 0.1) is 6.61 Å². The zero-order chi connectivity index (χ0) is 14.7. The van der Waals surface area contributed by atoms with Gasteiger partial charge in [0.25, 0.3) is 0 Å². The molecule has 1 aromatic heterocycles. The van der Waals surface area contributed by atoms with Gasteiger partial charge in [-0.15, -0.1) is 11.3 Å². The molecule has 5 heteroatoms. The van der Waals surface area contributed by atoms with E-state index in [4.69, 9.17) is 10.5 Å². The number of esters is 1. The lowest BCUT2D eigenvalue weighted by molar-refractivity contribution is 0.0529. The topological polar surface area (TPSA) is 55.6 Å². The molecule has 0 saturated heterocycles. The Morgan fingerprint density at radius 1 is 1.40 bits per heavy atom. The summed E-state index contributed by atoms with van der Waals surface area (Å²) in [4.78, 5) is 14.1. The van der Waals surface area contributed by atoms with Gasteiger partial charge in [-0.05, 0) is 24.6 Å². The van der Waals surface area contributed by atoms with E-state index in [1.807, 2.05) is 48.6 Å². The van der Waals surface area contributed by atoms with Crippen LogP contribution < -0.4 is 10.6 Å². The molecule has 1 heterocycles. The van der Waals surface area contributed by atoms with E-state index in [0.29, 0.717) is 17.2 Å². The van der Waals surface area contributed by atoms with Crippen molar-refractivity contribution in [2.75, 3.05) is 31.3 Å². The van der Waals surface area contributed by atoms with Crippen LogP contribution in [0.15, 0.2) is 29.6 Å². The van der Waals surface area contributed by atoms with Crippen molar-refractivity contribution in [3.8, 4) is 11.1 Å². The Kier molecular flexibility index (Phi) is 4.29. The number of ether oxygens (including phenoxy) is 1. The molecular weight excluding hydrogens is 272 g/mol. The minimum atomic E-state index is -0.364. The fraction of sp³-hybridized carbons (Fsp3) is 0.267. The maximum Gasteiger partial charge on any atom is 0.341 e. The number of nitrogens with zero attached hydrogens (tertiary/aromatic N) is 1. The summed E-state index contributed by atoms with van der Waals surface area (Å²) in [5.41, 5.74) is 9.25.